The zero-order chi connectivity index (χ0) is 16.5. The van der Waals surface area contributed by atoms with Crippen LogP contribution in [-0.4, -0.2) is 38.6 Å². The normalized spacial score (nSPS) is 20.6. The topological polar surface area (TPSA) is 114 Å². The molecule has 2 aromatic heterocycles. The average molecular weight is 331 g/mol. The third kappa shape index (κ3) is 3.01. The second-order valence-corrected chi connectivity index (χ2v) is 6.15. The van der Waals surface area contributed by atoms with Crippen molar-refractivity contribution in [1.29, 1.82) is 0 Å². The molecule has 1 saturated carbocycles. The molecule has 126 valence electrons. The zero-order valence-electron chi connectivity index (χ0n) is 13.0. The number of carbonyl (C=O) groups is 2. The van der Waals surface area contributed by atoms with E-state index in [1.54, 1.807) is 0 Å². The van der Waals surface area contributed by atoms with Gasteiger partial charge in [-0.1, -0.05) is 10.3 Å². The number of amides is 2. The van der Waals surface area contributed by atoms with Crippen LogP contribution in [0, 0.1) is 5.92 Å². The van der Waals surface area contributed by atoms with Gasteiger partial charge >= 0.3 is 0 Å². The highest BCUT2D eigenvalue weighted by Gasteiger charge is 2.38. The molecule has 1 aliphatic carbocycles. The summed E-state index contributed by atoms with van der Waals surface area (Å²) in [7, 11) is 0. The van der Waals surface area contributed by atoms with E-state index in [9.17, 15) is 9.59 Å². The van der Waals surface area contributed by atoms with Crippen LogP contribution in [0.3, 0.4) is 0 Å². The molecule has 0 aromatic carbocycles. The minimum atomic E-state index is -0.398. The molecule has 24 heavy (non-hydrogen) atoms. The molecule has 9 heteroatoms. The molecule has 0 spiro atoms. The molecule has 1 atom stereocenters. The SMILES string of the molecule is O=C(NCc1noc([C@@H]2CCC(=O)N2CC2CC2)n1)c1ccno1. The van der Waals surface area contributed by atoms with E-state index in [4.69, 9.17) is 9.05 Å². The number of rotatable bonds is 6. The van der Waals surface area contributed by atoms with Gasteiger partial charge in [-0.15, -0.1) is 0 Å². The average Bonchev–Trinajstić information content (AvgIpc) is 2.97. The summed E-state index contributed by atoms with van der Waals surface area (Å²) in [6.45, 7) is 0.885. The summed E-state index contributed by atoms with van der Waals surface area (Å²) in [5, 5.41) is 9.99. The first-order chi connectivity index (χ1) is 11.7. The predicted molar refractivity (Wildman–Crippen MR) is 78.4 cm³/mol. The van der Waals surface area contributed by atoms with Crippen LogP contribution in [0.15, 0.2) is 21.3 Å². The summed E-state index contributed by atoms with van der Waals surface area (Å²) in [5.74, 6) is 1.28. The highest BCUT2D eigenvalue weighted by molar-refractivity contribution is 5.91. The van der Waals surface area contributed by atoms with Crippen LogP contribution >= 0.6 is 0 Å². The van der Waals surface area contributed by atoms with Crippen LogP contribution in [0.4, 0.5) is 0 Å². The lowest BCUT2D eigenvalue weighted by atomic mass is 10.2. The lowest BCUT2D eigenvalue weighted by molar-refractivity contribution is -0.129. The maximum absolute atomic E-state index is 12.0. The van der Waals surface area contributed by atoms with Crippen molar-refractivity contribution in [2.24, 2.45) is 5.92 Å². The van der Waals surface area contributed by atoms with Crippen LogP contribution in [0.5, 0.6) is 0 Å². The van der Waals surface area contributed by atoms with Crippen molar-refractivity contribution in [2.45, 2.75) is 38.3 Å². The van der Waals surface area contributed by atoms with Gasteiger partial charge in [0.25, 0.3) is 5.91 Å². The second-order valence-electron chi connectivity index (χ2n) is 6.15. The molecule has 0 unspecified atom stereocenters. The Bertz CT molecular complexity index is 737. The van der Waals surface area contributed by atoms with Gasteiger partial charge in [-0.3, -0.25) is 9.59 Å². The van der Waals surface area contributed by atoms with Gasteiger partial charge in [0.05, 0.1) is 12.7 Å². The number of hydrogen-bond donors (Lipinski definition) is 1. The summed E-state index contributed by atoms with van der Waals surface area (Å²) < 4.78 is 10.1. The van der Waals surface area contributed by atoms with Gasteiger partial charge in [0.1, 0.15) is 6.04 Å². The molecule has 3 heterocycles. The first kappa shape index (κ1) is 14.9. The summed E-state index contributed by atoms with van der Waals surface area (Å²) in [6, 6.07) is 1.32. The Morgan fingerprint density at radius 3 is 2.96 bits per heavy atom. The molecule has 9 nitrogen and oxygen atoms in total. The van der Waals surface area contributed by atoms with Crippen molar-refractivity contribution in [2.75, 3.05) is 6.54 Å². The fourth-order valence-electron chi connectivity index (χ4n) is 2.85. The van der Waals surface area contributed by atoms with Crippen LogP contribution < -0.4 is 5.32 Å². The second kappa shape index (κ2) is 6.06. The van der Waals surface area contributed by atoms with E-state index < -0.39 is 5.91 Å². The van der Waals surface area contributed by atoms with E-state index in [0.29, 0.717) is 30.5 Å². The van der Waals surface area contributed by atoms with Crippen LogP contribution in [0.1, 0.15) is 54.0 Å². The lowest BCUT2D eigenvalue weighted by Gasteiger charge is -2.21. The molecular formula is C15H17N5O4. The minimum absolute atomic E-state index is 0.117. The molecule has 1 aliphatic heterocycles. The molecule has 2 aromatic rings. The molecule has 2 aliphatic rings. The zero-order valence-corrected chi connectivity index (χ0v) is 13.0. The van der Waals surface area contributed by atoms with Gasteiger partial charge < -0.3 is 19.3 Å². The van der Waals surface area contributed by atoms with Gasteiger partial charge in [0.2, 0.25) is 17.6 Å². The van der Waals surface area contributed by atoms with E-state index in [0.717, 1.165) is 6.54 Å². The molecule has 0 bridgehead atoms. The number of hydrogen-bond acceptors (Lipinski definition) is 7. The van der Waals surface area contributed by atoms with Crippen molar-refractivity contribution < 1.29 is 18.6 Å². The largest absolute Gasteiger partial charge is 0.351 e. The fraction of sp³-hybridized carbons (Fsp3) is 0.533. The van der Waals surface area contributed by atoms with Gasteiger partial charge in [0, 0.05) is 19.0 Å². The first-order valence-corrected chi connectivity index (χ1v) is 8.01. The summed E-state index contributed by atoms with van der Waals surface area (Å²) in [6.07, 6.45) is 4.96. The maximum atomic E-state index is 12.0. The van der Waals surface area contributed by atoms with Crippen molar-refractivity contribution in [3.05, 3.63) is 29.7 Å². The number of nitrogens with zero attached hydrogens (tertiary/aromatic N) is 4. The summed E-state index contributed by atoms with van der Waals surface area (Å²) in [5.41, 5.74) is 0. The van der Waals surface area contributed by atoms with Gasteiger partial charge in [-0.25, -0.2) is 0 Å². The van der Waals surface area contributed by atoms with E-state index in [2.05, 4.69) is 20.6 Å². The summed E-state index contributed by atoms with van der Waals surface area (Å²) in [4.78, 5) is 30.0. The van der Waals surface area contributed by atoms with Crippen molar-refractivity contribution in [3.63, 3.8) is 0 Å². The Kier molecular flexibility index (Phi) is 3.75. The number of nitrogens with one attached hydrogen (secondary N) is 1. The molecule has 2 amide bonds. The molecular weight excluding hydrogens is 314 g/mol. The predicted octanol–water partition coefficient (Wildman–Crippen LogP) is 1.06. The van der Waals surface area contributed by atoms with E-state index in [1.165, 1.54) is 25.1 Å². The smallest absolute Gasteiger partial charge is 0.290 e. The Balaban J connectivity index is 1.38. The fourth-order valence-corrected chi connectivity index (χ4v) is 2.85. The lowest BCUT2D eigenvalue weighted by Crippen LogP contribution is -2.30. The third-order valence-corrected chi connectivity index (χ3v) is 4.32. The highest BCUT2D eigenvalue weighted by Crippen LogP contribution is 2.37. The van der Waals surface area contributed by atoms with Gasteiger partial charge in [-0.05, 0) is 25.2 Å². The number of aromatic nitrogens is 3. The monoisotopic (exact) mass is 331 g/mol. The molecule has 4 rings (SSSR count). The first-order valence-electron chi connectivity index (χ1n) is 8.01. The van der Waals surface area contributed by atoms with Gasteiger partial charge in [0.15, 0.2) is 5.82 Å². The molecule has 0 radical (unpaired) electrons. The maximum Gasteiger partial charge on any atom is 0.290 e. The standard InChI is InChI=1S/C15H17N5O4/c21-13-4-3-10(20(13)8-9-1-2-9)15-18-12(19-24-15)7-16-14(22)11-5-6-17-23-11/h5-6,9-10H,1-4,7-8H2,(H,16,22)/t10-/m0/s1. The van der Waals surface area contributed by atoms with Crippen LogP contribution in [0.2, 0.25) is 0 Å². The Labute approximate surface area is 137 Å². The van der Waals surface area contributed by atoms with Crippen molar-refractivity contribution in [3.8, 4) is 0 Å². The third-order valence-electron chi connectivity index (χ3n) is 4.32. The van der Waals surface area contributed by atoms with Crippen LogP contribution in [-0.2, 0) is 11.3 Å². The Morgan fingerprint density at radius 2 is 2.21 bits per heavy atom. The summed E-state index contributed by atoms with van der Waals surface area (Å²) >= 11 is 0. The molecule has 2 fully saturated rings. The van der Waals surface area contributed by atoms with Crippen molar-refractivity contribution >= 4 is 11.8 Å². The Morgan fingerprint density at radius 1 is 1.33 bits per heavy atom. The highest BCUT2D eigenvalue weighted by atomic mass is 16.5. The van der Waals surface area contributed by atoms with E-state index >= 15 is 0 Å². The molecule has 1 saturated heterocycles. The van der Waals surface area contributed by atoms with E-state index in [-0.39, 0.29) is 24.3 Å². The molecule has 1 N–H and O–H groups in total. The van der Waals surface area contributed by atoms with Gasteiger partial charge in [-0.2, -0.15) is 4.98 Å². The quantitative estimate of drug-likeness (QED) is 0.841. The van der Waals surface area contributed by atoms with Crippen LogP contribution in [0.25, 0.3) is 0 Å². The number of likely N-dealkylation sites (tertiary alicyclic amines) is 1. The number of carbonyl (C=O) groups excluding carboxylic acids is 2. The Hall–Kier alpha value is -2.71. The van der Waals surface area contributed by atoms with Crippen molar-refractivity contribution in [1.82, 2.24) is 25.5 Å². The van der Waals surface area contributed by atoms with E-state index in [1.807, 2.05) is 4.90 Å². The minimum Gasteiger partial charge on any atom is -0.351 e.